The Morgan fingerprint density at radius 2 is 1.73 bits per heavy atom. The molecule has 0 aliphatic carbocycles. The molecule has 0 bridgehead atoms. The summed E-state index contributed by atoms with van der Waals surface area (Å²) in [5.41, 5.74) is 0. The Labute approximate surface area is 126 Å². The second-order valence-corrected chi connectivity index (χ2v) is 4.89. The van der Waals surface area contributed by atoms with Gasteiger partial charge in [0.05, 0.1) is 37.6 Å². The van der Waals surface area contributed by atoms with Gasteiger partial charge >= 0.3 is 0 Å². The number of aldehydes is 1. The SMILES string of the molecule is O=C[C@H](O)[C@@H](O)C[C@H](O)CO.OC[C@@H]1C[C@H](O)[C@@H](O)C(O)O1. The van der Waals surface area contributed by atoms with Crippen molar-refractivity contribution in [2.24, 2.45) is 0 Å². The van der Waals surface area contributed by atoms with Gasteiger partial charge in [-0.25, -0.2) is 0 Å². The van der Waals surface area contributed by atoms with E-state index < -0.39 is 49.5 Å². The first-order chi connectivity index (χ1) is 10.3. The third-order valence-corrected chi connectivity index (χ3v) is 2.98. The van der Waals surface area contributed by atoms with E-state index in [0.717, 1.165) is 0 Å². The zero-order valence-corrected chi connectivity index (χ0v) is 11.8. The minimum absolute atomic E-state index is 0.148. The van der Waals surface area contributed by atoms with Crippen molar-refractivity contribution in [2.45, 2.75) is 55.8 Å². The Hall–Kier alpha value is -0.690. The standard InChI is InChI=1S/2C6H12O5/c7-2-3-1-4(8)5(9)6(10)11-3;7-2-4(9)1-5(10)6(11)3-8/h3-10H,1-2H2;3-7,9-11H,1-2H2/t3-,4-,5+,6?;4-,5-,6-/m00/s1. The predicted molar refractivity (Wildman–Crippen MR) is 70.4 cm³/mol. The van der Waals surface area contributed by atoms with Gasteiger partial charge in [0.1, 0.15) is 12.2 Å². The number of aliphatic hydroxyl groups excluding tert-OH is 8. The molecule has 1 aliphatic rings. The molecule has 1 fully saturated rings. The average Bonchev–Trinajstić information content (AvgIpc) is 2.51. The van der Waals surface area contributed by atoms with Crippen LogP contribution in [0, 0.1) is 0 Å². The zero-order chi connectivity index (χ0) is 17.3. The first kappa shape index (κ1) is 21.3. The van der Waals surface area contributed by atoms with Gasteiger partial charge in [0.15, 0.2) is 12.6 Å². The largest absolute Gasteiger partial charge is 0.394 e. The van der Waals surface area contributed by atoms with Gasteiger partial charge in [0, 0.05) is 12.8 Å². The van der Waals surface area contributed by atoms with E-state index in [4.69, 9.17) is 45.6 Å². The van der Waals surface area contributed by atoms with Crippen LogP contribution in [0.2, 0.25) is 0 Å². The van der Waals surface area contributed by atoms with Gasteiger partial charge in [-0.2, -0.15) is 0 Å². The highest BCUT2D eigenvalue weighted by Crippen LogP contribution is 2.18. The molecular weight excluding hydrogens is 304 g/mol. The predicted octanol–water partition coefficient (Wildman–Crippen LogP) is -4.54. The van der Waals surface area contributed by atoms with Crippen LogP contribution >= 0.6 is 0 Å². The van der Waals surface area contributed by atoms with Gasteiger partial charge in [-0.05, 0) is 0 Å². The fraction of sp³-hybridized carbons (Fsp3) is 0.917. The summed E-state index contributed by atoms with van der Waals surface area (Å²) in [7, 11) is 0. The van der Waals surface area contributed by atoms with Crippen LogP contribution in [0.15, 0.2) is 0 Å². The second kappa shape index (κ2) is 10.9. The third-order valence-electron chi connectivity index (χ3n) is 2.98. The van der Waals surface area contributed by atoms with E-state index >= 15 is 0 Å². The molecule has 10 heteroatoms. The van der Waals surface area contributed by atoms with Crippen molar-refractivity contribution in [2.75, 3.05) is 13.2 Å². The molecule has 1 aliphatic heterocycles. The zero-order valence-electron chi connectivity index (χ0n) is 11.8. The van der Waals surface area contributed by atoms with E-state index in [1.54, 1.807) is 0 Å². The van der Waals surface area contributed by atoms with Crippen LogP contribution in [0.4, 0.5) is 0 Å². The number of aliphatic hydroxyl groups is 8. The summed E-state index contributed by atoms with van der Waals surface area (Å²) in [5.74, 6) is 0. The van der Waals surface area contributed by atoms with Gasteiger partial charge < -0.3 is 50.4 Å². The van der Waals surface area contributed by atoms with E-state index in [0.29, 0.717) is 0 Å². The highest BCUT2D eigenvalue weighted by atomic mass is 16.6. The highest BCUT2D eigenvalue weighted by molar-refractivity contribution is 5.56. The summed E-state index contributed by atoms with van der Waals surface area (Å²) in [4.78, 5) is 9.86. The number of rotatable bonds is 6. The van der Waals surface area contributed by atoms with Crippen LogP contribution in [-0.4, -0.2) is 103 Å². The second-order valence-electron chi connectivity index (χ2n) is 4.89. The van der Waals surface area contributed by atoms with Gasteiger partial charge in [0.25, 0.3) is 0 Å². The topological polar surface area (TPSA) is 188 Å². The van der Waals surface area contributed by atoms with Crippen molar-refractivity contribution in [3.8, 4) is 0 Å². The van der Waals surface area contributed by atoms with Crippen LogP contribution in [0.5, 0.6) is 0 Å². The van der Waals surface area contributed by atoms with Crippen molar-refractivity contribution >= 4 is 6.29 Å². The van der Waals surface area contributed by atoms with E-state index in [2.05, 4.69) is 0 Å². The molecule has 0 aromatic rings. The lowest BCUT2D eigenvalue weighted by Gasteiger charge is -2.33. The number of carbonyl (C=O) groups is 1. The molecule has 8 N–H and O–H groups in total. The van der Waals surface area contributed by atoms with Crippen molar-refractivity contribution < 1.29 is 50.4 Å². The van der Waals surface area contributed by atoms with Crippen LogP contribution in [0.3, 0.4) is 0 Å². The summed E-state index contributed by atoms with van der Waals surface area (Å²) < 4.78 is 4.71. The van der Waals surface area contributed by atoms with Crippen molar-refractivity contribution in [3.05, 3.63) is 0 Å². The van der Waals surface area contributed by atoms with Crippen molar-refractivity contribution in [1.29, 1.82) is 0 Å². The van der Waals surface area contributed by atoms with Crippen LogP contribution < -0.4 is 0 Å². The lowest BCUT2D eigenvalue weighted by atomic mass is 10.0. The fourth-order valence-corrected chi connectivity index (χ4v) is 1.63. The number of hydrogen-bond acceptors (Lipinski definition) is 10. The smallest absolute Gasteiger partial charge is 0.183 e. The Kier molecular flexibility index (Phi) is 10.6. The Morgan fingerprint density at radius 1 is 1.14 bits per heavy atom. The lowest BCUT2D eigenvalue weighted by molar-refractivity contribution is -0.251. The Morgan fingerprint density at radius 3 is 2.14 bits per heavy atom. The number of hydrogen-bond donors (Lipinski definition) is 8. The van der Waals surface area contributed by atoms with Crippen molar-refractivity contribution in [1.82, 2.24) is 0 Å². The molecule has 0 radical (unpaired) electrons. The quantitative estimate of drug-likeness (QED) is 0.220. The molecule has 22 heavy (non-hydrogen) atoms. The molecule has 0 spiro atoms. The molecule has 0 saturated carbocycles. The molecule has 7 atom stereocenters. The normalized spacial score (nSPS) is 32.4. The third kappa shape index (κ3) is 7.54. The van der Waals surface area contributed by atoms with E-state index in [9.17, 15) is 4.79 Å². The number of carbonyl (C=O) groups excluding carboxylic acids is 1. The molecule has 132 valence electrons. The summed E-state index contributed by atoms with van der Waals surface area (Å²) in [6.45, 7) is -0.760. The maximum atomic E-state index is 9.86. The van der Waals surface area contributed by atoms with Gasteiger partial charge in [-0.15, -0.1) is 0 Å². The summed E-state index contributed by atoms with van der Waals surface area (Å²) >= 11 is 0. The van der Waals surface area contributed by atoms with E-state index in [1.807, 2.05) is 0 Å². The molecule has 1 rings (SSSR count). The molecule has 1 saturated heterocycles. The molecule has 10 nitrogen and oxygen atoms in total. The first-order valence-corrected chi connectivity index (χ1v) is 6.67. The maximum absolute atomic E-state index is 9.86. The monoisotopic (exact) mass is 328 g/mol. The lowest BCUT2D eigenvalue weighted by Crippen LogP contribution is -2.49. The minimum atomic E-state index is -1.49. The molecule has 1 unspecified atom stereocenters. The van der Waals surface area contributed by atoms with E-state index in [-0.39, 0.29) is 25.7 Å². The van der Waals surface area contributed by atoms with E-state index in [1.165, 1.54) is 0 Å². The minimum Gasteiger partial charge on any atom is -0.394 e. The van der Waals surface area contributed by atoms with Gasteiger partial charge in [0.2, 0.25) is 0 Å². The van der Waals surface area contributed by atoms with Crippen LogP contribution in [0.25, 0.3) is 0 Å². The molecule has 1 heterocycles. The summed E-state index contributed by atoms with van der Waals surface area (Å²) in [5, 5.41) is 70.1. The number of ether oxygens (including phenoxy) is 1. The summed E-state index contributed by atoms with van der Waals surface area (Å²) in [6.07, 6.45) is -8.04. The van der Waals surface area contributed by atoms with Gasteiger partial charge in [-0.3, -0.25) is 0 Å². The Balaban J connectivity index is 0.000000401. The Bertz CT molecular complexity index is 290. The molecule has 0 aromatic heterocycles. The van der Waals surface area contributed by atoms with Gasteiger partial charge in [-0.1, -0.05) is 0 Å². The molecule has 0 amide bonds. The van der Waals surface area contributed by atoms with Crippen LogP contribution in [0.1, 0.15) is 12.8 Å². The highest BCUT2D eigenvalue weighted by Gasteiger charge is 2.34. The van der Waals surface area contributed by atoms with Crippen molar-refractivity contribution in [3.63, 3.8) is 0 Å². The van der Waals surface area contributed by atoms with Crippen LogP contribution in [-0.2, 0) is 9.53 Å². The average molecular weight is 328 g/mol. The fourth-order valence-electron chi connectivity index (χ4n) is 1.63. The molecule has 0 aromatic carbocycles. The summed E-state index contributed by atoms with van der Waals surface area (Å²) in [6, 6.07) is 0. The molecular formula is C12H24O10. The maximum Gasteiger partial charge on any atom is 0.183 e. The first-order valence-electron chi connectivity index (χ1n) is 6.67.